The van der Waals surface area contributed by atoms with Crippen molar-refractivity contribution in [2.45, 2.75) is 26.0 Å². The summed E-state index contributed by atoms with van der Waals surface area (Å²) in [5.41, 5.74) is 2.16. The Bertz CT molecular complexity index is 614. The lowest BCUT2D eigenvalue weighted by atomic mass is 10.1. The molecule has 1 heterocycles. The molecule has 2 unspecified atom stereocenters. The van der Waals surface area contributed by atoms with E-state index in [9.17, 15) is 14.4 Å². The molecule has 7 nitrogen and oxygen atoms in total. The number of nitrogens with one attached hydrogen (secondary N) is 1. The minimum absolute atomic E-state index is 0.0720. The van der Waals surface area contributed by atoms with Crippen LogP contribution < -0.4 is 5.32 Å². The predicted octanol–water partition coefficient (Wildman–Crippen LogP) is 0.559. The van der Waals surface area contributed by atoms with E-state index < -0.39 is 18.0 Å². The first-order valence-electron chi connectivity index (χ1n) is 7.77. The molecule has 2 rings (SSSR count). The summed E-state index contributed by atoms with van der Waals surface area (Å²) in [5.74, 6) is -1.99. The second-order valence-electron chi connectivity index (χ2n) is 5.97. The molecular weight excluding hydrogens is 312 g/mol. The van der Waals surface area contributed by atoms with Gasteiger partial charge in [0.2, 0.25) is 11.8 Å². The third-order valence-corrected chi connectivity index (χ3v) is 4.10. The first kappa shape index (κ1) is 17.9. The summed E-state index contributed by atoms with van der Waals surface area (Å²) in [6.45, 7) is 2.69. The van der Waals surface area contributed by atoms with Gasteiger partial charge in [-0.3, -0.25) is 9.59 Å². The maximum absolute atomic E-state index is 12.1. The minimum Gasteiger partial charge on any atom is -0.479 e. The highest BCUT2D eigenvalue weighted by Crippen LogP contribution is 2.20. The van der Waals surface area contributed by atoms with Crippen LogP contribution in [0.2, 0.25) is 0 Å². The third-order valence-electron chi connectivity index (χ3n) is 4.10. The summed E-state index contributed by atoms with van der Waals surface area (Å²) >= 11 is 0. The molecule has 2 atom stereocenters. The van der Waals surface area contributed by atoms with Crippen LogP contribution in [0.1, 0.15) is 17.5 Å². The summed E-state index contributed by atoms with van der Waals surface area (Å²) in [7, 11) is 1.27. The van der Waals surface area contributed by atoms with E-state index in [4.69, 9.17) is 9.84 Å². The highest BCUT2D eigenvalue weighted by Gasteiger charge is 2.34. The van der Waals surface area contributed by atoms with Gasteiger partial charge in [0.05, 0.1) is 12.5 Å². The van der Waals surface area contributed by atoms with E-state index in [-0.39, 0.29) is 24.8 Å². The van der Waals surface area contributed by atoms with Gasteiger partial charge >= 0.3 is 5.97 Å². The number of carbonyl (C=O) groups excluding carboxylic acids is 2. The zero-order valence-corrected chi connectivity index (χ0v) is 13.8. The Kier molecular flexibility index (Phi) is 5.92. The zero-order valence-electron chi connectivity index (χ0n) is 13.8. The smallest absolute Gasteiger partial charge is 0.334 e. The fourth-order valence-electron chi connectivity index (χ4n) is 2.62. The van der Waals surface area contributed by atoms with Gasteiger partial charge in [0.15, 0.2) is 6.10 Å². The molecule has 1 aliphatic rings. The number of carboxylic acids is 1. The van der Waals surface area contributed by atoms with Gasteiger partial charge < -0.3 is 20.1 Å². The van der Waals surface area contributed by atoms with Crippen LogP contribution in [0.3, 0.4) is 0 Å². The fourth-order valence-corrected chi connectivity index (χ4v) is 2.62. The molecule has 1 saturated heterocycles. The van der Waals surface area contributed by atoms with Crippen molar-refractivity contribution in [2.24, 2.45) is 5.92 Å². The molecule has 24 heavy (non-hydrogen) atoms. The molecule has 130 valence electrons. The van der Waals surface area contributed by atoms with Gasteiger partial charge in [0.25, 0.3) is 0 Å². The van der Waals surface area contributed by atoms with Crippen LogP contribution in [0.5, 0.6) is 0 Å². The van der Waals surface area contributed by atoms with E-state index in [1.165, 1.54) is 7.11 Å². The molecule has 0 radical (unpaired) electrons. The molecule has 0 saturated carbocycles. The number of rotatable bonds is 7. The molecule has 2 N–H and O–H groups in total. The molecule has 0 bridgehead atoms. The van der Waals surface area contributed by atoms with Crippen LogP contribution in [0.15, 0.2) is 24.3 Å². The van der Waals surface area contributed by atoms with Crippen LogP contribution in [0, 0.1) is 12.8 Å². The zero-order chi connectivity index (χ0) is 17.7. The van der Waals surface area contributed by atoms with E-state index in [1.54, 1.807) is 4.90 Å². The normalized spacial score (nSPS) is 18.5. The SMILES string of the molecule is COC(CNC(=O)C1CC(=O)N(Cc2ccc(C)cc2)C1)C(=O)O. The van der Waals surface area contributed by atoms with Crippen LogP contribution in [0.25, 0.3) is 0 Å². The molecule has 0 aromatic heterocycles. The van der Waals surface area contributed by atoms with Crippen LogP contribution >= 0.6 is 0 Å². The number of hydrogen-bond donors (Lipinski definition) is 2. The fraction of sp³-hybridized carbons (Fsp3) is 0.471. The summed E-state index contributed by atoms with van der Waals surface area (Å²) in [5, 5.41) is 11.4. The Hall–Kier alpha value is -2.41. The number of aryl methyl sites for hydroxylation is 1. The number of aliphatic carboxylic acids is 1. The monoisotopic (exact) mass is 334 g/mol. The van der Waals surface area contributed by atoms with Crippen LogP contribution in [-0.2, 0) is 25.7 Å². The summed E-state index contributed by atoms with van der Waals surface area (Å²) in [4.78, 5) is 36.7. The van der Waals surface area contributed by atoms with Gasteiger partial charge in [-0.1, -0.05) is 29.8 Å². The van der Waals surface area contributed by atoms with Gasteiger partial charge in [0, 0.05) is 26.6 Å². The van der Waals surface area contributed by atoms with Crippen molar-refractivity contribution >= 4 is 17.8 Å². The Labute approximate surface area is 140 Å². The van der Waals surface area contributed by atoms with Crippen molar-refractivity contribution in [3.8, 4) is 0 Å². The van der Waals surface area contributed by atoms with E-state index in [0.717, 1.165) is 11.1 Å². The lowest BCUT2D eigenvalue weighted by Gasteiger charge is -2.17. The number of amides is 2. The average Bonchev–Trinajstić information content (AvgIpc) is 2.90. The molecule has 1 fully saturated rings. The number of benzene rings is 1. The van der Waals surface area contributed by atoms with Crippen molar-refractivity contribution in [3.63, 3.8) is 0 Å². The number of carboxylic acid groups (broad SMARTS) is 1. The first-order valence-corrected chi connectivity index (χ1v) is 7.77. The van der Waals surface area contributed by atoms with Crippen molar-refractivity contribution in [1.29, 1.82) is 0 Å². The standard InChI is InChI=1S/C17H22N2O5/c1-11-3-5-12(6-4-11)9-19-10-13(7-15(19)20)16(21)18-8-14(24-2)17(22)23/h3-6,13-14H,7-10H2,1-2H3,(H,18,21)(H,22,23). The third kappa shape index (κ3) is 4.55. The molecule has 1 aromatic carbocycles. The Morgan fingerprint density at radius 1 is 1.38 bits per heavy atom. The molecule has 7 heteroatoms. The average molecular weight is 334 g/mol. The highest BCUT2D eigenvalue weighted by molar-refractivity contribution is 5.89. The Morgan fingerprint density at radius 3 is 2.62 bits per heavy atom. The number of carbonyl (C=O) groups is 3. The van der Waals surface area contributed by atoms with Crippen molar-refractivity contribution in [3.05, 3.63) is 35.4 Å². The van der Waals surface area contributed by atoms with Gasteiger partial charge in [0.1, 0.15) is 0 Å². The number of hydrogen-bond acceptors (Lipinski definition) is 4. The second-order valence-corrected chi connectivity index (χ2v) is 5.97. The topological polar surface area (TPSA) is 95.9 Å². The largest absolute Gasteiger partial charge is 0.479 e. The van der Waals surface area contributed by atoms with Gasteiger partial charge in [-0.25, -0.2) is 4.79 Å². The van der Waals surface area contributed by atoms with Gasteiger partial charge in [-0.2, -0.15) is 0 Å². The summed E-state index contributed by atoms with van der Waals surface area (Å²) < 4.78 is 4.76. The van der Waals surface area contributed by atoms with Gasteiger partial charge in [-0.05, 0) is 12.5 Å². The van der Waals surface area contributed by atoms with E-state index >= 15 is 0 Å². The lowest BCUT2D eigenvalue weighted by molar-refractivity contribution is -0.148. The number of methoxy groups -OCH3 is 1. The first-order chi connectivity index (χ1) is 11.4. The van der Waals surface area contributed by atoms with Crippen LogP contribution in [0.4, 0.5) is 0 Å². The Morgan fingerprint density at radius 2 is 2.04 bits per heavy atom. The molecule has 0 aliphatic carbocycles. The molecular formula is C17H22N2O5. The van der Waals surface area contributed by atoms with E-state index in [1.807, 2.05) is 31.2 Å². The maximum atomic E-state index is 12.1. The maximum Gasteiger partial charge on any atom is 0.334 e. The van der Waals surface area contributed by atoms with Crippen molar-refractivity contribution in [1.82, 2.24) is 10.2 Å². The van der Waals surface area contributed by atoms with Gasteiger partial charge in [-0.15, -0.1) is 0 Å². The summed E-state index contributed by atoms with van der Waals surface area (Å²) in [6.07, 6.45) is -0.947. The second kappa shape index (κ2) is 7.92. The molecule has 0 spiro atoms. The lowest BCUT2D eigenvalue weighted by Crippen LogP contribution is -2.41. The number of likely N-dealkylation sites (tertiary alicyclic amines) is 1. The van der Waals surface area contributed by atoms with Crippen molar-refractivity contribution in [2.75, 3.05) is 20.2 Å². The Balaban J connectivity index is 1.88. The number of ether oxygens (including phenoxy) is 1. The van der Waals surface area contributed by atoms with E-state index in [2.05, 4.69) is 5.32 Å². The predicted molar refractivity (Wildman–Crippen MR) is 86.1 cm³/mol. The highest BCUT2D eigenvalue weighted by atomic mass is 16.5. The van der Waals surface area contributed by atoms with E-state index in [0.29, 0.717) is 13.1 Å². The molecule has 2 amide bonds. The quantitative estimate of drug-likeness (QED) is 0.759. The number of nitrogens with zero attached hydrogens (tertiary/aromatic N) is 1. The summed E-state index contributed by atoms with van der Waals surface area (Å²) in [6, 6.07) is 7.89. The van der Waals surface area contributed by atoms with Crippen molar-refractivity contribution < 1.29 is 24.2 Å². The molecule has 1 aliphatic heterocycles. The molecule has 1 aromatic rings. The minimum atomic E-state index is -1.14. The van der Waals surface area contributed by atoms with Crippen LogP contribution in [-0.4, -0.2) is 54.1 Å².